The Kier molecular flexibility index (Phi) is 4.16. The second kappa shape index (κ2) is 4.94. The molecular weight excluding hydrogens is 168 g/mol. The molecule has 0 bridgehead atoms. The maximum atomic E-state index is 10.1. The molecule has 0 amide bonds. The minimum Gasteiger partial charge on any atom is -0.387 e. The number of hydrogen-bond donors (Lipinski definition) is 1. The summed E-state index contributed by atoms with van der Waals surface area (Å²) in [5.74, 6) is 0. The third-order valence-electron chi connectivity index (χ3n) is 2.56. The number of hydrogen-bond acceptors (Lipinski definition) is 3. The molecule has 2 unspecified atom stereocenters. The van der Waals surface area contributed by atoms with Crippen molar-refractivity contribution in [3.8, 4) is 0 Å². The lowest BCUT2D eigenvalue weighted by atomic mass is 9.90. The average molecular weight is 188 g/mol. The highest BCUT2D eigenvalue weighted by Gasteiger charge is 2.34. The van der Waals surface area contributed by atoms with Gasteiger partial charge in [0.05, 0.1) is 18.3 Å². The van der Waals surface area contributed by atoms with Gasteiger partial charge in [0.1, 0.15) is 0 Å². The molecule has 2 atom stereocenters. The van der Waals surface area contributed by atoms with Crippen molar-refractivity contribution >= 4 is 0 Å². The third-order valence-corrected chi connectivity index (χ3v) is 2.56. The van der Waals surface area contributed by atoms with Crippen molar-refractivity contribution in [3.63, 3.8) is 0 Å². The SMILES string of the molecule is CCOCC1(O)CCOC(CC)C1. The van der Waals surface area contributed by atoms with Crippen LogP contribution in [0.3, 0.4) is 0 Å². The Labute approximate surface area is 80.0 Å². The molecule has 1 rings (SSSR count). The minimum absolute atomic E-state index is 0.208. The zero-order valence-corrected chi connectivity index (χ0v) is 8.58. The van der Waals surface area contributed by atoms with Gasteiger partial charge < -0.3 is 14.6 Å². The fraction of sp³-hybridized carbons (Fsp3) is 1.00. The third kappa shape index (κ3) is 3.25. The monoisotopic (exact) mass is 188 g/mol. The van der Waals surface area contributed by atoms with Crippen LogP contribution in [-0.2, 0) is 9.47 Å². The smallest absolute Gasteiger partial charge is 0.0926 e. The maximum Gasteiger partial charge on any atom is 0.0926 e. The highest BCUT2D eigenvalue weighted by Crippen LogP contribution is 2.26. The van der Waals surface area contributed by atoms with Crippen LogP contribution < -0.4 is 0 Å². The molecule has 1 heterocycles. The van der Waals surface area contributed by atoms with Crippen molar-refractivity contribution in [1.29, 1.82) is 0 Å². The average Bonchev–Trinajstić information content (AvgIpc) is 2.15. The van der Waals surface area contributed by atoms with Gasteiger partial charge in [0.15, 0.2) is 0 Å². The first-order chi connectivity index (χ1) is 6.20. The van der Waals surface area contributed by atoms with E-state index in [0.717, 1.165) is 6.42 Å². The summed E-state index contributed by atoms with van der Waals surface area (Å²) in [6.07, 6.45) is 2.58. The van der Waals surface area contributed by atoms with E-state index in [0.29, 0.717) is 32.7 Å². The van der Waals surface area contributed by atoms with Crippen molar-refractivity contribution < 1.29 is 14.6 Å². The number of aliphatic hydroxyl groups is 1. The van der Waals surface area contributed by atoms with Gasteiger partial charge in [0, 0.05) is 26.1 Å². The summed E-state index contributed by atoms with van der Waals surface area (Å²) in [5.41, 5.74) is -0.644. The zero-order chi connectivity index (χ0) is 9.73. The molecule has 0 aromatic carbocycles. The van der Waals surface area contributed by atoms with Crippen LogP contribution in [0.25, 0.3) is 0 Å². The van der Waals surface area contributed by atoms with Crippen LogP contribution in [-0.4, -0.2) is 36.6 Å². The highest BCUT2D eigenvalue weighted by molar-refractivity contribution is 4.85. The second-order valence-corrected chi connectivity index (χ2v) is 3.72. The van der Waals surface area contributed by atoms with Crippen LogP contribution in [0, 0.1) is 0 Å². The van der Waals surface area contributed by atoms with Crippen LogP contribution in [0.5, 0.6) is 0 Å². The van der Waals surface area contributed by atoms with E-state index < -0.39 is 5.60 Å². The molecule has 0 aromatic rings. The quantitative estimate of drug-likeness (QED) is 0.723. The van der Waals surface area contributed by atoms with Gasteiger partial charge in [-0.25, -0.2) is 0 Å². The number of rotatable bonds is 4. The lowest BCUT2D eigenvalue weighted by Gasteiger charge is -2.36. The Morgan fingerprint density at radius 2 is 2.31 bits per heavy atom. The summed E-state index contributed by atoms with van der Waals surface area (Å²) in [7, 11) is 0. The molecule has 0 saturated carbocycles. The van der Waals surface area contributed by atoms with Crippen molar-refractivity contribution in [3.05, 3.63) is 0 Å². The minimum atomic E-state index is -0.644. The maximum absolute atomic E-state index is 10.1. The van der Waals surface area contributed by atoms with Crippen molar-refractivity contribution in [2.75, 3.05) is 19.8 Å². The summed E-state index contributed by atoms with van der Waals surface area (Å²) >= 11 is 0. The van der Waals surface area contributed by atoms with E-state index in [2.05, 4.69) is 6.92 Å². The lowest BCUT2D eigenvalue weighted by molar-refractivity contribution is -0.134. The molecule has 1 N–H and O–H groups in total. The van der Waals surface area contributed by atoms with E-state index in [1.54, 1.807) is 0 Å². The van der Waals surface area contributed by atoms with E-state index in [4.69, 9.17) is 9.47 Å². The Morgan fingerprint density at radius 1 is 1.54 bits per heavy atom. The molecule has 3 heteroatoms. The van der Waals surface area contributed by atoms with Crippen molar-refractivity contribution in [2.45, 2.75) is 44.8 Å². The Bertz CT molecular complexity index is 149. The zero-order valence-electron chi connectivity index (χ0n) is 8.58. The largest absolute Gasteiger partial charge is 0.387 e. The molecule has 78 valence electrons. The van der Waals surface area contributed by atoms with Crippen LogP contribution in [0.4, 0.5) is 0 Å². The molecule has 1 fully saturated rings. The first kappa shape index (κ1) is 11.0. The normalized spacial score (nSPS) is 34.8. The molecule has 1 saturated heterocycles. The summed E-state index contributed by atoms with van der Waals surface area (Å²) in [4.78, 5) is 0. The Balaban J connectivity index is 2.37. The molecule has 0 aromatic heterocycles. The van der Waals surface area contributed by atoms with E-state index in [1.807, 2.05) is 6.92 Å². The topological polar surface area (TPSA) is 38.7 Å². The summed E-state index contributed by atoms with van der Waals surface area (Å²) in [6, 6.07) is 0. The molecule has 3 nitrogen and oxygen atoms in total. The van der Waals surface area contributed by atoms with Gasteiger partial charge in [-0.2, -0.15) is 0 Å². The molecule has 1 aliphatic heterocycles. The van der Waals surface area contributed by atoms with Gasteiger partial charge in [0.2, 0.25) is 0 Å². The first-order valence-electron chi connectivity index (χ1n) is 5.12. The molecule has 0 aliphatic carbocycles. The lowest BCUT2D eigenvalue weighted by Crippen LogP contribution is -2.44. The molecule has 0 radical (unpaired) electrons. The molecular formula is C10H20O3. The van der Waals surface area contributed by atoms with Crippen LogP contribution in [0.2, 0.25) is 0 Å². The van der Waals surface area contributed by atoms with Crippen LogP contribution in [0.1, 0.15) is 33.1 Å². The van der Waals surface area contributed by atoms with E-state index >= 15 is 0 Å². The van der Waals surface area contributed by atoms with E-state index in [9.17, 15) is 5.11 Å². The summed E-state index contributed by atoms with van der Waals surface area (Å²) < 4.78 is 10.8. The Morgan fingerprint density at radius 3 is 2.92 bits per heavy atom. The number of ether oxygens (including phenoxy) is 2. The first-order valence-corrected chi connectivity index (χ1v) is 5.12. The summed E-state index contributed by atoms with van der Waals surface area (Å²) in [5, 5.41) is 10.1. The van der Waals surface area contributed by atoms with E-state index in [1.165, 1.54) is 0 Å². The van der Waals surface area contributed by atoms with Gasteiger partial charge in [-0.15, -0.1) is 0 Å². The van der Waals surface area contributed by atoms with E-state index in [-0.39, 0.29) is 6.10 Å². The molecule has 0 spiro atoms. The predicted molar refractivity (Wildman–Crippen MR) is 50.7 cm³/mol. The van der Waals surface area contributed by atoms with Gasteiger partial charge in [-0.1, -0.05) is 6.92 Å². The van der Waals surface area contributed by atoms with Crippen molar-refractivity contribution in [1.82, 2.24) is 0 Å². The van der Waals surface area contributed by atoms with Gasteiger partial charge in [-0.3, -0.25) is 0 Å². The fourth-order valence-electron chi connectivity index (χ4n) is 1.69. The second-order valence-electron chi connectivity index (χ2n) is 3.72. The van der Waals surface area contributed by atoms with Crippen LogP contribution in [0.15, 0.2) is 0 Å². The highest BCUT2D eigenvalue weighted by atomic mass is 16.5. The standard InChI is InChI=1S/C10H20O3/c1-3-9-7-10(11,5-6-13-9)8-12-4-2/h9,11H,3-8H2,1-2H3. The Hall–Kier alpha value is -0.120. The van der Waals surface area contributed by atoms with Crippen molar-refractivity contribution in [2.24, 2.45) is 0 Å². The van der Waals surface area contributed by atoms with Gasteiger partial charge in [-0.05, 0) is 13.3 Å². The summed E-state index contributed by atoms with van der Waals surface area (Å²) in [6.45, 7) is 5.79. The predicted octanol–water partition coefficient (Wildman–Crippen LogP) is 1.34. The van der Waals surface area contributed by atoms with Gasteiger partial charge >= 0.3 is 0 Å². The van der Waals surface area contributed by atoms with Crippen LogP contribution >= 0.6 is 0 Å². The van der Waals surface area contributed by atoms with Gasteiger partial charge in [0.25, 0.3) is 0 Å². The molecule has 13 heavy (non-hydrogen) atoms. The molecule has 1 aliphatic rings. The fourth-order valence-corrected chi connectivity index (χ4v) is 1.69.